The van der Waals surface area contributed by atoms with Crippen LogP contribution in [0.3, 0.4) is 0 Å². The Morgan fingerprint density at radius 3 is 2.74 bits per heavy atom. The smallest absolute Gasteiger partial charge is 0.251 e. The van der Waals surface area contributed by atoms with Gasteiger partial charge < -0.3 is 15.5 Å². The molecule has 5 nitrogen and oxygen atoms in total. The third-order valence-electron chi connectivity index (χ3n) is 2.64. The number of hydrogen-bond donors (Lipinski definition) is 2. The molecule has 1 aromatic heterocycles. The van der Waals surface area contributed by atoms with Gasteiger partial charge in [-0.3, -0.25) is 4.79 Å². The van der Waals surface area contributed by atoms with E-state index in [1.807, 2.05) is 34.0 Å². The highest BCUT2D eigenvalue weighted by atomic mass is 16.1. The highest BCUT2D eigenvalue weighted by Crippen LogP contribution is 2.09. The van der Waals surface area contributed by atoms with E-state index in [9.17, 15) is 4.79 Å². The summed E-state index contributed by atoms with van der Waals surface area (Å²) in [7, 11) is 4.05. The average Bonchev–Trinajstić information content (AvgIpc) is 2.34. The first-order valence-electron chi connectivity index (χ1n) is 6.68. The number of hydrogen-bond acceptors (Lipinski definition) is 4. The summed E-state index contributed by atoms with van der Waals surface area (Å²) in [4.78, 5) is 18.4. The van der Waals surface area contributed by atoms with E-state index in [1.165, 1.54) is 0 Å². The van der Waals surface area contributed by atoms with Crippen molar-refractivity contribution < 1.29 is 4.79 Å². The fraction of sp³-hybridized carbons (Fsp3) is 0.571. The average molecular weight is 264 g/mol. The fourth-order valence-electron chi connectivity index (χ4n) is 1.77. The van der Waals surface area contributed by atoms with Gasteiger partial charge in [0, 0.05) is 24.3 Å². The van der Waals surface area contributed by atoms with Gasteiger partial charge in [0.1, 0.15) is 5.82 Å². The maximum absolute atomic E-state index is 12.0. The Balaban J connectivity index is 2.56. The van der Waals surface area contributed by atoms with Gasteiger partial charge in [-0.25, -0.2) is 4.98 Å². The van der Waals surface area contributed by atoms with Crippen LogP contribution in [0.5, 0.6) is 0 Å². The van der Waals surface area contributed by atoms with E-state index in [1.54, 1.807) is 6.07 Å². The van der Waals surface area contributed by atoms with Gasteiger partial charge in [-0.15, -0.1) is 0 Å². The van der Waals surface area contributed by atoms with Crippen LogP contribution in [0.1, 0.15) is 29.4 Å². The number of aryl methyl sites for hydroxylation is 1. The second-order valence-corrected chi connectivity index (χ2v) is 4.83. The lowest BCUT2D eigenvalue weighted by atomic mass is 10.2. The van der Waals surface area contributed by atoms with Crippen LogP contribution in [0.4, 0.5) is 5.82 Å². The number of nitrogens with zero attached hydrogens (tertiary/aromatic N) is 2. The van der Waals surface area contributed by atoms with Crippen molar-refractivity contribution in [1.29, 1.82) is 0 Å². The number of pyridine rings is 1. The number of aromatic nitrogens is 1. The molecule has 5 heteroatoms. The molecule has 106 valence electrons. The molecule has 0 spiro atoms. The molecule has 1 heterocycles. The van der Waals surface area contributed by atoms with Crippen LogP contribution in [0.2, 0.25) is 0 Å². The van der Waals surface area contributed by atoms with Crippen LogP contribution >= 0.6 is 0 Å². The van der Waals surface area contributed by atoms with Crippen molar-refractivity contribution in [3.05, 3.63) is 23.4 Å². The minimum Gasteiger partial charge on any atom is -0.370 e. The lowest BCUT2D eigenvalue weighted by Crippen LogP contribution is -2.27. The Labute approximate surface area is 115 Å². The second kappa shape index (κ2) is 7.74. The van der Waals surface area contributed by atoms with Crippen LogP contribution in [0, 0.1) is 6.92 Å². The zero-order valence-electron chi connectivity index (χ0n) is 12.3. The standard InChI is InChI=1S/C14H24N4O/c1-5-15-13-10-12(9-11(2)17-13)14(19)16-7-6-8-18(3)4/h9-10H,5-8H2,1-4H3,(H,15,17)(H,16,19). The molecule has 0 radical (unpaired) electrons. The first-order valence-corrected chi connectivity index (χ1v) is 6.68. The van der Waals surface area contributed by atoms with Crippen LogP contribution in [0.15, 0.2) is 12.1 Å². The fourth-order valence-corrected chi connectivity index (χ4v) is 1.77. The summed E-state index contributed by atoms with van der Waals surface area (Å²) in [6, 6.07) is 3.60. The summed E-state index contributed by atoms with van der Waals surface area (Å²) in [6.07, 6.45) is 0.947. The number of carbonyl (C=O) groups is 1. The zero-order chi connectivity index (χ0) is 14.3. The molecule has 0 aliphatic heterocycles. The van der Waals surface area contributed by atoms with E-state index in [4.69, 9.17) is 0 Å². The molecule has 2 N–H and O–H groups in total. The minimum atomic E-state index is -0.0385. The minimum absolute atomic E-state index is 0.0385. The van der Waals surface area contributed by atoms with Crippen molar-refractivity contribution in [2.45, 2.75) is 20.3 Å². The second-order valence-electron chi connectivity index (χ2n) is 4.83. The van der Waals surface area contributed by atoms with E-state index in [-0.39, 0.29) is 5.91 Å². The maximum atomic E-state index is 12.0. The van der Waals surface area contributed by atoms with Crippen LogP contribution in [0.25, 0.3) is 0 Å². The normalized spacial score (nSPS) is 10.6. The summed E-state index contributed by atoms with van der Waals surface area (Å²) in [5, 5.41) is 6.06. The van der Waals surface area contributed by atoms with Gasteiger partial charge in [-0.1, -0.05) is 0 Å². The zero-order valence-corrected chi connectivity index (χ0v) is 12.3. The summed E-state index contributed by atoms with van der Waals surface area (Å²) in [6.45, 7) is 6.35. The first kappa shape index (κ1) is 15.4. The summed E-state index contributed by atoms with van der Waals surface area (Å²) in [5.74, 6) is 0.712. The van der Waals surface area contributed by atoms with Crippen LogP contribution in [-0.4, -0.2) is 49.5 Å². The van der Waals surface area contributed by atoms with Crippen molar-refractivity contribution in [2.24, 2.45) is 0 Å². The summed E-state index contributed by atoms with van der Waals surface area (Å²) >= 11 is 0. The first-order chi connectivity index (χ1) is 9.02. The van der Waals surface area contributed by atoms with Gasteiger partial charge in [0.05, 0.1) is 0 Å². The molecule has 1 aromatic rings. The van der Waals surface area contributed by atoms with E-state index in [2.05, 4.69) is 20.5 Å². The topological polar surface area (TPSA) is 57.3 Å². The highest BCUT2D eigenvalue weighted by Gasteiger charge is 2.07. The predicted octanol–water partition coefficient (Wildman–Crippen LogP) is 1.50. The highest BCUT2D eigenvalue weighted by molar-refractivity contribution is 5.94. The van der Waals surface area contributed by atoms with Crippen LogP contribution < -0.4 is 10.6 Å². The molecular formula is C14H24N4O. The Hall–Kier alpha value is -1.62. The molecule has 0 bridgehead atoms. The Morgan fingerprint density at radius 2 is 2.11 bits per heavy atom. The molecule has 0 saturated carbocycles. The van der Waals surface area contributed by atoms with Crippen molar-refractivity contribution in [2.75, 3.05) is 39.0 Å². The molecule has 0 aliphatic carbocycles. The SMILES string of the molecule is CCNc1cc(C(=O)NCCCN(C)C)cc(C)n1. The molecule has 0 saturated heterocycles. The predicted molar refractivity (Wildman–Crippen MR) is 78.6 cm³/mol. The monoisotopic (exact) mass is 264 g/mol. The number of carbonyl (C=O) groups excluding carboxylic acids is 1. The number of nitrogens with one attached hydrogen (secondary N) is 2. The summed E-state index contributed by atoms with van der Waals surface area (Å²) in [5.41, 5.74) is 1.50. The van der Waals surface area contributed by atoms with Gasteiger partial charge in [-0.05, 0) is 53.0 Å². The van der Waals surface area contributed by atoms with E-state index in [0.29, 0.717) is 12.1 Å². The molecule has 0 unspecified atom stereocenters. The Morgan fingerprint density at radius 1 is 1.37 bits per heavy atom. The Kier molecular flexibility index (Phi) is 6.29. The molecule has 19 heavy (non-hydrogen) atoms. The van der Waals surface area contributed by atoms with E-state index >= 15 is 0 Å². The largest absolute Gasteiger partial charge is 0.370 e. The summed E-state index contributed by atoms with van der Waals surface area (Å²) < 4.78 is 0. The van der Waals surface area contributed by atoms with Gasteiger partial charge in [0.2, 0.25) is 0 Å². The number of anilines is 1. The van der Waals surface area contributed by atoms with Gasteiger partial charge in [0.25, 0.3) is 5.91 Å². The molecular weight excluding hydrogens is 240 g/mol. The van der Waals surface area contributed by atoms with E-state index < -0.39 is 0 Å². The number of amides is 1. The third-order valence-corrected chi connectivity index (χ3v) is 2.64. The van der Waals surface area contributed by atoms with Crippen molar-refractivity contribution in [3.8, 4) is 0 Å². The quantitative estimate of drug-likeness (QED) is 0.733. The van der Waals surface area contributed by atoms with Crippen molar-refractivity contribution >= 4 is 11.7 Å². The molecule has 1 amide bonds. The molecule has 0 fully saturated rings. The third kappa shape index (κ3) is 5.70. The van der Waals surface area contributed by atoms with Gasteiger partial charge in [-0.2, -0.15) is 0 Å². The van der Waals surface area contributed by atoms with Gasteiger partial charge in [0.15, 0.2) is 0 Å². The lowest BCUT2D eigenvalue weighted by molar-refractivity contribution is 0.0952. The number of rotatable bonds is 7. The molecule has 0 atom stereocenters. The molecule has 0 aromatic carbocycles. The maximum Gasteiger partial charge on any atom is 0.251 e. The molecule has 0 aliphatic rings. The Bertz CT molecular complexity index is 418. The van der Waals surface area contributed by atoms with Crippen LogP contribution in [-0.2, 0) is 0 Å². The lowest BCUT2D eigenvalue weighted by Gasteiger charge is -2.11. The van der Waals surface area contributed by atoms with E-state index in [0.717, 1.165) is 31.0 Å². The van der Waals surface area contributed by atoms with Gasteiger partial charge >= 0.3 is 0 Å². The van der Waals surface area contributed by atoms with Crippen molar-refractivity contribution in [3.63, 3.8) is 0 Å². The van der Waals surface area contributed by atoms with Crippen molar-refractivity contribution in [1.82, 2.24) is 15.2 Å². The molecule has 1 rings (SSSR count).